The Kier molecular flexibility index (Phi) is 7.05. The second-order valence-electron chi connectivity index (χ2n) is 5.64. The highest BCUT2D eigenvalue weighted by Gasteiger charge is 2.21. The molecular weight excluding hydrogens is 295 g/mol. The molecule has 0 aromatic heterocycles. The maximum Gasteiger partial charge on any atom is 0.274 e. The topological polar surface area (TPSA) is 55.2 Å². The summed E-state index contributed by atoms with van der Waals surface area (Å²) in [6, 6.07) is 2.36. The van der Waals surface area contributed by atoms with Gasteiger partial charge in [-0.2, -0.15) is 0 Å². The van der Waals surface area contributed by atoms with Crippen molar-refractivity contribution in [1.29, 1.82) is 0 Å². The molecule has 0 aliphatic rings. The molecule has 0 aliphatic heterocycles. The summed E-state index contributed by atoms with van der Waals surface area (Å²) in [5.41, 5.74) is 0.268. The summed E-state index contributed by atoms with van der Waals surface area (Å²) in [7, 11) is 0. The molecule has 1 aromatic carbocycles. The van der Waals surface area contributed by atoms with Gasteiger partial charge < -0.3 is 5.32 Å². The number of benzene rings is 1. The molecule has 0 bridgehead atoms. The van der Waals surface area contributed by atoms with E-state index < -0.39 is 10.7 Å². The molecule has 1 atom stereocenters. The summed E-state index contributed by atoms with van der Waals surface area (Å²) in [5.74, 6) is -0.161. The van der Waals surface area contributed by atoms with Crippen molar-refractivity contribution in [1.82, 2.24) is 5.32 Å². The molecule has 1 N–H and O–H groups in total. The molecule has 0 heterocycles. The molecule has 0 spiro atoms. The first kappa shape index (κ1) is 17.9. The van der Waals surface area contributed by atoms with Gasteiger partial charge in [-0.3, -0.25) is 10.1 Å². The highest BCUT2D eigenvalue weighted by Crippen LogP contribution is 2.28. The van der Waals surface area contributed by atoms with Crippen LogP contribution < -0.4 is 5.32 Å². The van der Waals surface area contributed by atoms with Gasteiger partial charge in [0.2, 0.25) is 0 Å². The minimum Gasteiger partial charge on any atom is -0.314 e. The van der Waals surface area contributed by atoms with Gasteiger partial charge in [0.1, 0.15) is 5.82 Å². The molecule has 21 heavy (non-hydrogen) atoms. The Balaban J connectivity index is 3.00. The largest absolute Gasteiger partial charge is 0.314 e. The lowest BCUT2D eigenvalue weighted by molar-refractivity contribution is -0.385. The third-order valence-electron chi connectivity index (χ3n) is 3.22. The van der Waals surface area contributed by atoms with E-state index in [9.17, 15) is 14.5 Å². The van der Waals surface area contributed by atoms with E-state index >= 15 is 0 Å². The van der Waals surface area contributed by atoms with Crippen molar-refractivity contribution in [2.75, 3.05) is 6.54 Å². The van der Waals surface area contributed by atoms with Gasteiger partial charge in [0.05, 0.1) is 9.95 Å². The summed E-state index contributed by atoms with van der Waals surface area (Å²) in [5, 5.41) is 14.3. The Morgan fingerprint density at radius 3 is 2.62 bits per heavy atom. The summed E-state index contributed by atoms with van der Waals surface area (Å²) < 4.78 is 13.6. The van der Waals surface area contributed by atoms with Crippen LogP contribution in [-0.2, 0) is 6.42 Å². The number of halogens is 2. The number of nitrogens with one attached hydrogen (secondary N) is 1. The average Bonchev–Trinajstić information content (AvgIpc) is 2.38. The van der Waals surface area contributed by atoms with Crippen LogP contribution in [-0.4, -0.2) is 17.5 Å². The van der Waals surface area contributed by atoms with Crippen molar-refractivity contribution in [2.24, 2.45) is 5.92 Å². The molecular formula is C15H22ClFN2O2. The fourth-order valence-corrected chi connectivity index (χ4v) is 2.49. The Labute approximate surface area is 129 Å². The standard InChI is InChI=1S/C15H22ClFN2O2/c1-4-5-18-12(6-10(2)3)7-11-8-14(17)13(16)9-15(11)19(20)21/h8-10,12,18H,4-7H2,1-3H3. The molecule has 0 radical (unpaired) electrons. The zero-order valence-electron chi connectivity index (χ0n) is 12.7. The Hall–Kier alpha value is -1.20. The molecule has 0 aliphatic carbocycles. The van der Waals surface area contributed by atoms with Gasteiger partial charge in [0.15, 0.2) is 0 Å². The van der Waals surface area contributed by atoms with Gasteiger partial charge in [-0.25, -0.2) is 4.39 Å². The van der Waals surface area contributed by atoms with E-state index in [0.717, 1.165) is 25.5 Å². The summed E-state index contributed by atoms with van der Waals surface area (Å²) in [6.07, 6.45) is 2.27. The van der Waals surface area contributed by atoms with Crippen LogP contribution in [0.1, 0.15) is 39.2 Å². The predicted molar refractivity (Wildman–Crippen MR) is 83.3 cm³/mol. The van der Waals surface area contributed by atoms with Crippen molar-refractivity contribution >= 4 is 17.3 Å². The van der Waals surface area contributed by atoms with E-state index in [0.29, 0.717) is 17.9 Å². The van der Waals surface area contributed by atoms with Crippen molar-refractivity contribution in [3.63, 3.8) is 0 Å². The first-order chi connectivity index (χ1) is 9.85. The minimum absolute atomic E-state index is 0.0872. The lowest BCUT2D eigenvalue weighted by Crippen LogP contribution is -2.33. The smallest absolute Gasteiger partial charge is 0.274 e. The third kappa shape index (κ3) is 5.59. The molecule has 0 saturated carbocycles. The number of rotatable bonds is 8. The Bertz CT molecular complexity index is 495. The molecule has 0 amide bonds. The first-order valence-electron chi connectivity index (χ1n) is 7.20. The van der Waals surface area contributed by atoms with Crippen molar-refractivity contribution in [3.8, 4) is 0 Å². The second kappa shape index (κ2) is 8.29. The zero-order chi connectivity index (χ0) is 16.0. The molecule has 4 nitrogen and oxygen atoms in total. The lowest BCUT2D eigenvalue weighted by Gasteiger charge is -2.20. The first-order valence-corrected chi connectivity index (χ1v) is 7.58. The summed E-state index contributed by atoms with van der Waals surface area (Å²) in [6.45, 7) is 7.08. The maximum atomic E-state index is 13.6. The maximum absolute atomic E-state index is 13.6. The minimum atomic E-state index is -0.615. The van der Waals surface area contributed by atoms with Crippen LogP contribution in [0.4, 0.5) is 10.1 Å². The highest BCUT2D eigenvalue weighted by atomic mass is 35.5. The van der Waals surface area contributed by atoms with Crippen LogP contribution in [0.25, 0.3) is 0 Å². The quantitative estimate of drug-likeness (QED) is 0.573. The summed E-state index contributed by atoms with van der Waals surface area (Å²) >= 11 is 5.64. The van der Waals surface area contributed by atoms with E-state index in [1.165, 1.54) is 6.07 Å². The lowest BCUT2D eigenvalue weighted by atomic mass is 9.96. The van der Waals surface area contributed by atoms with E-state index in [4.69, 9.17) is 11.6 Å². The fourth-order valence-electron chi connectivity index (χ4n) is 2.33. The molecule has 0 fully saturated rings. The summed E-state index contributed by atoms with van der Waals surface area (Å²) in [4.78, 5) is 10.6. The van der Waals surface area contributed by atoms with E-state index in [1.807, 2.05) is 0 Å². The van der Waals surface area contributed by atoms with Crippen LogP contribution >= 0.6 is 11.6 Å². The molecule has 1 rings (SSSR count). The normalized spacial score (nSPS) is 12.7. The SMILES string of the molecule is CCCNC(Cc1cc(F)c(Cl)cc1[N+](=O)[O-])CC(C)C. The van der Waals surface area contributed by atoms with Crippen LogP contribution in [0.15, 0.2) is 12.1 Å². The van der Waals surface area contributed by atoms with Crippen molar-refractivity contribution < 1.29 is 9.31 Å². The highest BCUT2D eigenvalue weighted by molar-refractivity contribution is 6.31. The number of nitrogens with zero attached hydrogens (tertiary/aromatic N) is 1. The number of nitro groups is 1. The van der Waals surface area contributed by atoms with Gasteiger partial charge in [0, 0.05) is 17.7 Å². The third-order valence-corrected chi connectivity index (χ3v) is 3.51. The monoisotopic (exact) mass is 316 g/mol. The van der Waals surface area contributed by atoms with Gasteiger partial charge in [-0.1, -0.05) is 32.4 Å². The van der Waals surface area contributed by atoms with Crippen molar-refractivity contribution in [3.05, 3.63) is 38.7 Å². The van der Waals surface area contributed by atoms with Gasteiger partial charge >= 0.3 is 0 Å². The average molecular weight is 317 g/mol. The molecule has 6 heteroatoms. The zero-order valence-corrected chi connectivity index (χ0v) is 13.4. The Morgan fingerprint density at radius 1 is 1.43 bits per heavy atom. The van der Waals surface area contributed by atoms with Crippen molar-refractivity contribution in [2.45, 2.75) is 46.1 Å². The van der Waals surface area contributed by atoms with Crippen LogP contribution in [0.2, 0.25) is 5.02 Å². The Morgan fingerprint density at radius 2 is 2.10 bits per heavy atom. The fraction of sp³-hybridized carbons (Fsp3) is 0.600. The van der Waals surface area contributed by atoms with E-state index in [2.05, 4.69) is 26.1 Å². The van der Waals surface area contributed by atoms with Crippen LogP contribution in [0.5, 0.6) is 0 Å². The number of hydrogen-bond donors (Lipinski definition) is 1. The molecule has 0 saturated heterocycles. The predicted octanol–water partition coefficient (Wildman–Crippen LogP) is 4.34. The van der Waals surface area contributed by atoms with Gasteiger partial charge in [0.25, 0.3) is 5.69 Å². The van der Waals surface area contributed by atoms with E-state index in [-0.39, 0.29) is 16.8 Å². The number of hydrogen-bond acceptors (Lipinski definition) is 3. The number of nitro benzene ring substituents is 1. The van der Waals surface area contributed by atoms with Gasteiger partial charge in [-0.05, 0) is 37.8 Å². The second-order valence-corrected chi connectivity index (χ2v) is 6.04. The molecule has 1 aromatic rings. The molecule has 118 valence electrons. The molecule has 1 unspecified atom stereocenters. The van der Waals surface area contributed by atoms with Gasteiger partial charge in [-0.15, -0.1) is 0 Å². The van der Waals surface area contributed by atoms with Crippen LogP contribution in [0, 0.1) is 21.8 Å². The van der Waals surface area contributed by atoms with Crippen LogP contribution in [0.3, 0.4) is 0 Å². The van der Waals surface area contributed by atoms with E-state index in [1.54, 1.807) is 0 Å².